The summed E-state index contributed by atoms with van der Waals surface area (Å²) >= 11 is 0. The molecule has 1 amide bonds. The number of nitriles is 1. The Bertz CT molecular complexity index is 1280. The van der Waals surface area contributed by atoms with Gasteiger partial charge in [0.1, 0.15) is 11.6 Å². The van der Waals surface area contributed by atoms with Crippen molar-refractivity contribution in [2.24, 2.45) is 0 Å². The van der Waals surface area contributed by atoms with Crippen molar-refractivity contribution < 1.29 is 4.79 Å². The first-order valence-corrected chi connectivity index (χ1v) is 9.21. The van der Waals surface area contributed by atoms with Crippen LogP contribution in [0.4, 0.5) is 5.82 Å². The zero-order valence-corrected chi connectivity index (χ0v) is 16.4. The van der Waals surface area contributed by atoms with E-state index in [0.29, 0.717) is 17.2 Å². The summed E-state index contributed by atoms with van der Waals surface area (Å²) < 4.78 is 1.51. The minimum atomic E-state index is -0.312. The Morgan fingerprint density at radius 1 is 1.07 bits per heavy atom. The van der Waals surface area contributed by atoms with Gasteiger partial charge in [-0.2, -0.15) is 15.0 Å². The average Bonchev–Trinajstić information content (AvgIpc) is 3.11. The molecule has 2 aromatic carbocycles. The van der Waals surface area contributed by atoms with E-state index in [1.54, 1.807) is 24.3 Å². The SMILES string of the molecule is Cc1cc(C)c2nc(-n3ncc(C#N)c3NC(=O)c3ccccc3)cc(C)c2c1. The third kappa shape index (κ3) is 3.34. The smallest absolute Gasteiger partial charge is 0.256 e. The fourth-order valence-electron chi connectivity index (χ4n) is 3.43. The zero-order valence-electron chi connectivity index (χ0n) is 16.4. The van der Waals surface area contributed by atoms with Gasteiger partial charge in [-0.25, -0.2) is 4.98 Å². The lowest BCUT2D eigenvalue weighted by Crippen LogP contribution is -2.16. The van der Waals surface area contributed by atoms with Crippen molar-refractivity contribution in [1.29, 1.82) is 5.26 Å². The van der Waals surface area contributed by atoms with Crippen LogP contribution >= 0.6 is 0 Å². The van der Waals surface area contributed by atoms with Crippen LogP contribution in [0.2, 0.25) is 0 Å². The minimum Gasteiger partial charge on any atom is -0.305 e. The van der Waals surface area contributed by atoms with E-state index in [1.807, 2.05) is 26.0 Å². The van der Waals surface area contributed by atoms with Crippen LogP contribution in [-0.2, 0) is 0 Å². The molecule has 0 atom stereocenters. The molecular formula is C23H19N5O. The highest BCUT2D eigenvalue weighted by Crippen LogP contribution is 2.26. The predicted octanol–water partition coefficient (Wildman–Crippen LogP) is 4.47. The number of aromatic nitrogens is 3. The van der Waals surface area contributed by atoms with E-state index in [-0.39, 0.29) is 11.5 Å². The number of hydrogen-bond acceptors (Lipinski definition) is 4. The highest BCUT2D eigenvalue weighted by molar-refractivity contribution is 6.04. The molecule has 0 aliphatic carbocycles. The lowest BCUT2D eigenvalue weighted by atomic mass is 10.0. The number of carbonyl (C=O) groups is 1. The van der Waals surface area contributed by atoms with Crippen molar-refractivity contribution in [2.75, 3.05) is 5.32 Å². The number of pyridine rings is 1. The summed E-state index contributed by atoms with van der Waals surface area (Å²) in [4.78, 5) is 17.4. The quantitative estimate of drug-likeness (QED) is 0.567. The fraction of sp³-hybridized carbons (Fsp3) is 0.130. The van der Waals surface area contributed by atoms with Gasteiger partial charge >= 0.3 is 0 Å². The molecule has 0 aliphatic rings. The van der Waals surface area contributed by atoms with Gasteiger partial charge in [0, 0.05) is 10.9 Å². The average molecular weight is 381 g/mol. The van der Waals surface area contributed by atoms with Crippen LogP contribution < -0.4 is 5.32 Å². The summed E-state index contributed by atoms with van der Waals surface area (Å²) in [5.74, 6) is 0.539. The molecule has 0 saturated heterocycles. The predicted molar refractivity (Wildman–Crippen MR) is 112 cm³/mol. The second kappa shape index (κ2) is 7.21. The van der Waals surface area contributed by atoms with Gasteiger partial charge in [-0.1, -0.05) is 29.8 Å². The Morgan fingerprint density at radius 2 is 1.83 bits per heavy atom. The number of fused-ring (bicyclic) bond motifs is 1. The van der Waals surface area contributed by atoms with Gasteiger partial charge in [-0.3, -0.25) is 4.79 Å². The number of hydrogen-bond donors (Lipinski definition) is 1. The highest BCUT2D eigenvalue weighted by atomic mass is 16.1. The standard InChI is InChI=1S/C23H19N5O/c1-14-9-16(3)21-19(10-14)15(2)11-20(26-21)28-22(18(12-24)13-25-28)27-23(29)17-7-5-4-6-8-17/h4-11,13H,1-3H3,(H,27,29). The Hall–Kier alpha value is -3.98. The van der Waals surface area contributed by atoms with Crippen molar-refractivity contribution >= 4 is 22.6 Å². The van der Waals surface area contributed by atoms with Crippen LogP contribution in [-0.4, -0.2) is 20.7 Å². The van der Waals surface area contributed by atoms with Crippen molar-refractivity contribution in [3.8, 4) is 11.9 Å². The Morgan fingerprint density at radius 3 is 2.55 bits per heavy atom. The summed E-state index contributed by atoms with van der Waals surface area (Å²) in [5.41, 5.74) is 4.93. The summed E-state index contributed by atoms with van der Waals surface area (Å²) in [6.07, 6.45) is 1.43. The molecule has 6 heteroatoms. The molecule has 0 aliphatic heterocycles. The molecule has 2 aromatic heterocycles. The van der Waals surface area contributed by atoms with Crippen LogP contribution in [0.25, 0.3) is 16.7 Å². The van der Waals surface area contributed by atoms with E-state index in [2.05, 4.69) is 35.5 Å². The zero-order chi connectivity index (χ0) is 20.5. The van der Waals surface area contributed by atoms with E-state index < -0.39 is 0 Å². The first-order chi connectivity index (χ1) is 14.0. The Balaban J connectivity index is 1.83. The number of anilines is 1. The number of nitrogens with one attached hydrogen (secondary N) is 1. The molecular weight excluding hydrogens is 362 g/mol. The molecule has 0 spiro atoms. The topological polar surface area (TPSA) is 83.6 Å². The van der Waals surface area contributed by atoms with Gasteiger partial charge in [0.2, 0.25) is 0 Å². The second-order valence-electron chi connectivity index (χ2n) is 7.03. The number of rotatable bonds is 3. The summed E-state index contributed by atoms with van der Waals surface area (Å²) in [6.45, 7) is 6.10. The number of amides is 1. The largest absolute Gasteiger partial charge is 0.305 e. The van der Waals surface area contributed by atoms with Crippen LogP contribution in [0, 0.1) is 32.1 Å². The maximum atomic E-state index is 12.7. The Kier molecular flexibility index (Phi) is 4.57. The minimum absolute atomic E-state index is 0.273. The van der Waals surface area contributed by atoms with Gasteiger partial charge in [0.25, 0.3) is 5.91 Å². The molecule has 142 valence electrons. The van der Waals surface area contributed by atoms with Crippen molar-refractivity contribution in [1.82, 2.24) is 14.8 Å². The molecule has 0 saturated carbocycles. The number of aryl methyl sites for hydroxylation is 3. The molecule has 1 N–H and O–H groups in total. The maximum absolute atomic E-state index is 12.7. The van der Waals surface area contributed by atoms with Crippen LogP contribution in [0.5, 0.6) is 0 Å². The number of carbonyl (C=O) groups excluding carboxylic acids is 1. The summed E-state index contributed by atoms with van der Waals surface area (Å²) in [6, 6.07) is 17.0. The van der Waals surface area contributed by atoms with E-state index >= 15 is 0 Å². The molecule has 6 nitrogen and oxygen atoms in total. The lowest BCUT2D eigenvalue weighted by molar-refractivity contribution is 0.102. The van der Waals surface area contributed by atoms with Crippen LogP contribution in [0.1, 0.15) is 32.6 Å². The van der Waals surface area contributed by atoms with Crippen LogP contribution in [0.15, 0.2) is 54.7 Å². The van der Waals surface area contributed by atoms with Crippen LogP contribution in [0.3, 0.4) is 0 Å². The molecule has 29 heavy (non-hydrogen) atoms. The van der Waals surface area contributed by atoms with Gasteiger partial charge in [0.15, 0.2) is 11.6 Å². The monoisotopic (exact) mass is 381 g/mol. The molecule has 4 aromatic rings. The summed E-state index contributed by atoms with van der Waals surface area (Å²) in [5, 5.41) is 17.7. The van der Waals surface area contributed by atoms with Gasteiger partial charge in [-0.05, 0) is 56.2 Å². The van der Waals surface area contributed by atoms with Crippen molar-refractivity contribution in [3.05, 3.63) is 82.5 Å². The van der Waals surface area contributed by atoms with E-state index in [1.165, 1.54) is 16.4 Å². The van der Waals surface area contributed by atoms with E-state index in [0.717, 1.165) is 22.0 Å². The summed E-state index contributed by atoms with van der Waals surface area (Å²) in [7, 11) is 0. The first-order valence-electron chi connectivity index (χ1n) is 9.21. The number of benzene rings is 2. The van der Waals surface area contributed by atoms with Gasteiger partial charge in [-0.15, -0.1) is 0 Å². The molecule has 0 bridgehead atoms. The van der Waals surface area contributed by atoms with Gasteiger partial charge < -0.3 is 5.32 Å². The van der Waals surface area contributed by atoms with Crippen molar-refractivity contribution in [3.63, 3.8) is 0 Å². The molecule has 0 fully saturated rings. The third-order valence-electron chi connectivity index (χ3n) is 4.82. The lowest BCUT2D eigenvalue weighted by Gasteiger charge is -2.13. The number of nitrogens with zero attached hydrogens (tertiary/aromatic N) is 4. The third-order valence-corrected chi connectivity index (χ3v) is 4.82. The van der Waals surface area contributed by atoms with E-state index in [9.17, 15) is 10.1 Å². The first kappa shape index (κ1) is 18.4. The molecule has 0 unspecified atom stereocenters. The van der Waals surface area contributed by atoms with Gasteiger partial charge in [0.05, 0.1) is 11.7 Å². The van der Waals surface area contributed by atoms with Crippen molar-refractivity contribution in [2.45, 2.75) is 20.8 Å². The maximum Gasteiger partial charge on any atom is 0.256 e. The highest BCUT2D eigenvalue weighted by Gasteiger charge is 2.18. The second-order valence-corrected chi connectivity index (χ2v) is 7.03. The molecule has 4 rings (SSSR count). The Labute approximate surface area is 168 Å². The molecule has 2 heterocycles. The molecule has 0 radical (unpaired) electrons. The normalized spacial score (nSPS) is 10.7. The van der Waals surface area contributed by atoms with E-state index in [4.69, 9.17) is 4.98 Å². The fourth-order valence-corrected chi connectivity index (χ4v) is 3.43.